The Hall–Kier alpha value is -2.67. The first-order chi connectivity index (χ1) is 13.6. The van der Waals surface area contributed by atoms with E-state index in [9.17, 15) is 9.59 Å². The largest absolute Gasteiger partial charge is 0.422 e. The highest BCUT2D eigenvalue weighted by Gasteiger charge is 2.18. The third-order valence-electron chi connectivity index (χ3n) is 5.68. The number of nitrogens with zero attached hydrogens (tertiary/aromatic N) is 3. The van der Waals surface area contributed by atoms with E-state index in [-0.39, 0.29) is 12.5 Å². The molecule has 1 aromatic carbocycles. The van der Waals surface area contributed by atoms with Crippen molar-refractivity contribution in [3.63, 3.8) is 0 Å². The minimum absolute atomic E-state index is 0.0735. The smallest absolute Gasteiger partial charge is 0.347 e. The first-order valence-corrected chi connectivity index (χ1v) is 9.98. The van der Waals surface area contributed by atoms with Gasteiger partial charge in [0, 0.05) is 24.5 Å². The number of likely N-dealkylation sites (N-methyl/N-ethyl adjacent to an activating group) is 1. The van der Waals surface area contributed by atoms with Gasteiger partial charge in [-0.05, 0) is 32.0 Å². The molecule has 0 bridgehead atoms. The molecule has 2 aromatic heterocycles. The first kappa shape index (κ1) is 18.7. The van der Waals surface area contributed by atoms with Crippen molar-refractivity contribution in [2.75, 3.05) is 20.1 Å². The summed E-state index contributed by atoms with van der Waals surface area (Å²) in [6.45, 7) is 1.51. The van der Waals surface area contributed by atoms with Gasteiger partial charge in [0.15, 0.2) is 0 Å². The van der Waals surface area contributed by atoms with E-state index in [0.717, 1.165) is 11.9 Å². The first-order valence-electron chi connectivity index (χ1n) is 9.98. The molecule has 3 aromatic rings. The normalized spacial score (nSPS) is 15.5. The predicted molar refractivity (Wildman–Crippen MR) is 108 cm³/mol. The van der Waals surface area contributed by atoms with Crippen molar-refractivity contribution in [2.24, 2.45) is 0 Å². The molecule has 148 valence electrons. The number of para-hydroxylation sites is 1. The average Bonchev–Trinajstić information content (AvgIpc) is 3.13. The van der Waals surface area contributed by atoms with Gasteiger partial charge in [0.05, 0.1) is 11.7 Å². The predicted octanol–water partition coefficient (Wildman–Crippen LogP) is 2.52. The minimum Gasteiger partial charge on any atom is -0.422 e. The van der Waals surface area contributed by atoms with Gasteiger partial charge in [0.1, 0.15) is 17.5 Å². The Morgan fingerprint density at radius 3 is 2.86 bits per heavy atom. The highest BCUT2D eigenvalue weighted by molar-refractivity contribution is 6.02. The molecule has 0 atom stereocenters. The van der Waals surface area contributed by atoms with Crippen LogP contribution in [0.25, 0.3) is 21.9 Å². The van der Waals surface area contributed by atoms with Gasteiger partial charge in [-0.3, -0.25) is 9.48 Å². The van der Waals surface area contributed by atoms with Crippen molar-refractivity contribution in [3.05, 3.63) is 40.9 Å². The van der Waals surface area contributed by atoms with Crippen LogP contribution in [0.15, 0.2) is 39.7 Å². The molecule has 0 radical (unpaired) electrons. The van der Waals surface area contributed by atoms with Crippen LogP contribution in [-0.2, 0) is 11.3 Å². The molecule has 1 aliphatic carbocycles. The molecule has 7 heteroatoms. The molecule has 1 saturated carbocycles. The number of aromatic nitrogens is 2. The molecule has 1 amide bonds. The monoisotopic (exact) mass is 382 g/mol. The molecule has 1 fully saturated rings. The number of fused-ring (bicyclic) bond motifs is 3. The summed E-state index contributed by atoms with van der Waals surface area (Å²) in [6.07, 6.45) is 7.91. The standard InChI is InChI=1S/C21H26N4O3/c1-24(15-7-3-2-4-8-15)12-11-22-19(26)14-25-20-16-9-5-6-10-18(16)28-21(27)17(20)13-23-25/h5-6,9-10,13,15H,2-4,7-8,11-12,14H2,1H3,(H,22,26). The van der Waals surface area contributed by atoms with Gasteiger partial charge >= 0.3 is 5.63 Å². The molecule has 28 heavy (non-hydrogen) atoms. The number of carbonyl (C=O) groups excluding carboxylic acids is 1. The van der Waals surface area contributed by atoms with E-state index in [1.165, 1.54) is 38.3 Å². The Morgan fingerprint density at radius 1 is 1.25 bits per heavy atom. The molecule has 0 unspecified atom stereocenters. The molecular weight excluding hydrogens is 356 g/mol. The molecule has 0 saturated heterocycles. The van der Waals surface area contributed by atoms with Crippen LogP contribution in [0, 0.1) is 0 Å². The number of hydrogen-bond acceptors (Lipinski definition) is 5. The van der Waals surface area contributed by atoms with Crippen molar-refractivity contribution < 1.29 is 9.21 Å². The van der Waals surface area contributed by atoms with Crippen LogP contribution in [0.4, 0.5) is 0 Å². The van der Waals surface area contributed by atoms with Gasteiger partial charge in [-0.25, -0.2) is 4.79 Å². The zero-order valence-electron chi connectivity index (χ0n) is 16.2. The van der Waals surface area contributed by atoms with Crippen LogP contribution in [0.1, 0.15) is 32.1 Å². The van der Waals surface area contributed by atoms with Crippen LogP contribution in [-0.4, -0.2) is 46.8 Å². The zero-order chi connectivity index (χ0) is 19.5. The van der Waals surface area contributed by atoms with Crippen LogP contribution >= 0.6 is 0 Å². The minimum atomic E-state index is -0.436. The van der Waals surface area contributed by atoms with E-state index in [4.69, 9.17) is 4.42 Å². The highest BCUT2D eigenvalue weighted by Crippen LogP contribution is 2.22. The van der Waals surface area contributed by atoms with Gasteiger partial charge in [-0.15, -0.1) is 0 Å². The molecule has 1 aliphatic rings. The van der Waals surface area contributed by atoms with Crippen LogP contribution in [0.2, 0.25) is 0 Å². The fraction of sp³-hybridized carbons (Fsp3) is 0.476. The van der Waals surface area contributed by atoms with Gasteiger partial charge in [0.25, 0.3) is 0 Å². The fourth-order valence-corrected chi connectivity index (χ4v) is 4.11. The lowest BCUT2D eigenvalue weighted by molar-refractivity contribution is -0.121. The van der Waals surface area contributed by atoms with Crippen molar-refractivity contribution in [1.82, 2.24) is 20.0 Å². The number of amides is 1. The van der Waals surface area contributed by atoms with E-state index in [2.05, 4.69) is 22.4 Å². The quantitative estimate of drug-likeness (QED) is 0.663. The summed E-state index contributed by atoms with van der Waals surface area (Å²) >= 11 is 0. The number of benzene rings is 1. The maximum atomic E-state index is 12.4. The molecule has 0 aliphatic heterocycles. The number of nitrogens with one attached hydrogen (secondary N) is 1. The van der Waals surface area contributed by atoms with Crippen molar-refractivity contribution in [3.8, 4) is 0 Å². The summed E-state index contributed by atoms with van der Waals surface area (Å²) < 4.78 is 6.91. The van der Waals surface area contributed by atoms with Crippen molar-refractivity contribution in [1.29, 1.82) is 0 Å². The summed E-state index contributed by atoms with van der Waals surface area (Å²) in [7, 11) is 2.13. The molecule has 4 rings (SSSR count). The van der Waals surface area contributed by atoms with Gasteiger partial charge < -0.3 is 14.6 Å². The van der Waals surface area contributed by atoms with Crippen LogP contribution in [0.5, 0.6) is 0 Å². The summed E-state index contributed by atoms with van der Waals surface area (Å²) in [5.41, 5.74) is 0.701. The molecule has 7 nitrogen and oxygen atoms in total. The van der Waals surface area contributed by atoms with Gasteiger partial charge in [0.2, 0.25) is 5.91 Å². The van der Waals surface area contributed by atoms with E-state index < -0.39 is 5.63 Å². The Morgan fingerprint density at radius 2 is 2.04 bits per heavy atom. The average molecular weight is 382 g/mol. The summed E-state index contributed by atoms with van der Waals surface area (Å²) in [5, 5.41) is 8.39. The second kappa shape index (κ2) is 8.14. The maximum absolute atomic E-state index is 12.4. The van der Waals surface area contributed by atoms with Crippen molar-refractivity contribution >= 4 is 27.8 Å². The third kappa shape index (κ3) is 3.80. The lowest BCUT2D eigenvalue weighted by atomic mass is 9.94. The SMILES string of the molecule is CN(CCNC(=O)Cn1ncc2c(=O)oc3ccccc3c21)C1CCCCC1. The molecule has 0 spiro atoms. The maximum Gasteiger partial charge on any atom is 0.347 e. The van der Waals surface area contributed by atoms with Crippen LogP contribution < -0.4 is 10.9 Å². The lowest BCUT2D eigenvalue weighted by Crippen LogP contribution is -2.40. The molecule has 2 heterocycles. The van der Waals surface area contributed by atoms with E-state index in [1.807, 2.05) is 18.2 Å². The Labute approximate surface area is 163 Å². The number of rotatable bonds is 6. The van der Waals surface area contributed by atoms with Gasteiger partial charge in [-0.2, -0.15) is 5.10 Å². The summed E-state index contributed by atoms with van der Waals surface area (Å²) in [4.78, 5) is 27.0. The fourth-order valence-electron chi connectivity index (χ4n) is 4.11. The van der Waals surface area contributed by atoms with Gasteiger partial charge in [-0.1, -0.05) is 31.4 Å². The number of carbonyl (C=O) groups is 1. The Bertz CT molecular complexity index is 1030. The third-order valence-corrected chi connectivity index (χ3v) is 5.68. The van der Waals surface area contributed by atoms with Crippen LogP contribution in [0.3, 0.4) is 0 Å². The topological polar surface area (TPSA) is 80.4 Å². The zero-order valence-corrected chi connectivity index (χ0v) is 16.2. The Kier molecular flexibility index (Phi) is 5.43. The highest BCUT2D eigenvalue weighted by atomic mass is 16.4. The van der Waals surface area contributed by atoms with E-state index in [0.29, 0.717) is 29.1 Å². The Balaban J connectivity index is 1.42. The van der Waals surface area contributed by atoms with Crippen molar-refractivity contribution in [2.45, 2.75) is 44.7 Å². The second-order valence-corrected chi connectivity index (χ2v) is 7.57. The molecular formula is C21H26N4O3. The summed E-state index contributed by atoms with van der Waals surface area (Å²) in [5.74, 6) is -0.112. The van der Waals surface area contributed by atoms with E-state index in [1.54, 1.807) is 10.7 Å². The van der Waals surface area contributed by atoms with E-state index >= 15 is 0 Å². The molecule has 1 N–H and O–H groups in total. The number of hydrogen-bond donors (Lipinski definition) is 1. The lowest BCUT2D eigenvalue weighted by Gasteiger charge is -2.31. The summed E-state index contributed by atoms with van der Waals surface area (Å²) in [6, 6.07) is 7.93. The second-order valence-electron chi connectivity index (χ2n) is 7.57.